The van der Waals surface area contributed by atoms with E-state index < -0.39 is 0 Å². The number of methoxy groups -OCH3 is 1. The van der Waals surface area contributed by atoms with E-state index >= 15 is 0 Å². The monoisotopic (exact) mass is 279 g/mol. The molecule has 0 aliphatic heterocycles. The van der Waals surface area contributed by atoms with Crippen molar-refractivity contribution in [3.8, 4) is 0 Å². The van der Waals surface area contributed by atoms with Crippen LogP contribution in [0.1, 0.15) is 45.9 Å². The van der Waals surface area contributed by atoms with Crippen molar-refractivity contribution in [2.75, 3.05) is 31.7 Å². The molecule has 1 heterocycles. The van der Waals surface area contributed by atoms with Gasteiger partial charge in [0.1, 0.15) is 0 Å². The highest BCUT2D eigenvalue weighted by Gasteiger charge is 2.13. The predicted octanol–water partition coefficient (Wildman–Crippen LogP) is 3.00. The number of rotatable bonds is 9. The second kappa shape index (κ2) is 8.93. The van der Waals surface area contributed by atoms with E-state index in [9.17, 15) is 0 Å². The molecule has 0 fully saturated rings. The summed E-state index contributed by atoms with van der Waals surface area (Å²) in [6.07, 6.45) is 3.03. The van der Waals surface area contributed by atoms with E-state index in [1.807, 2.05) is 6.20 Å². The summed E-state index contributed by atoms with van der Waals surface area (Å²) in [5.41, 5.74) is 2.28. The molecule has 0 radical (unpaired) electrons. The molecule has 0 aliphatic carbocycles. The number of nitrogens with zero attached hydrogens (tertiary/aromatic N) is 2. The summed E-state index contributed by atoms with van der Waals surface area (Å²) in [7, 11) is 1.74. The fraction of sp³-hybridized carbons (Fsp3) is 0.688. The van der Waals surface area contributed by atoms with Crippen molar-refractivity contribution in [1.82, 2.24) is 10.3 Å². The first-order valence-corrected chi connectivity index (χ1v) is 7.58. The van der Waals surface area contributed by atoms with Crippen LogP contribution in [-0.4, -0.2) is 37.8 Å². The van der Waals surface area contributed by atoms with Crippen molar-refractivity contribution in [2.24, 2.45) is 0 Å². The zero-order chi connectivity index (χ0) is 15.0. The summed E-state index contributed by atoms with van der Waals surface area (Å²) in [6.45, 7) is 11.3. The van der Waals surface area contributed by atoms with E-state index in [-0.39, 0.29) is 0 Å². The molecule has 0 saturated heterocycles. The lowest BCUT2D eigenvalue weighted by Gasteiger charge is -2.28. The maximum atomic E-state index is 5.18. The number of hydrogen-bond acceptors (Lipinski definition) is 4. The Morgan fingerprint density at radius 3 is 2.50 bits per heavy atom. The number of aromatic nitrogens is 1. The molecule has 0 saturated carbocycles. The van der Waals surface area contributed by atoms with Gasteiger partial charge in [-0.15, -0.1) is 0 Å². The van der Waals surface area contributed by atoms with E-state index in [4.69, 9.17) is 4.74 Å². The molecule has 1 aromatic heterocycles. The minimum atomic E-state index is 0.348. The number of hydrogen-bond donors (Lipinski definition) is 1. The van der Waals surface area contributed by atoms with Crippen LogP contribution in [0.4, 0.5) is 5.69 Å². The van der Waals surface area contributed by atoms with Gasteiger partial charge in [0.15, 0.2) is 0 Å². The third-order valence-electron chi connectivity index (χ3n) is 3.48. The Labute approximate surface area is 123 Å². The van der Waals surface area contributed by atoms with Crippen LogP contribution in [0.2, 0.25) is 0 Å². The third kappa shape index (κ3) is 4.76. The topological polar surface area (TPSA) is 37.4 Å². The van der Waals surface area contributed by atoms with Crippen molar-refractivity contribution in [2.45, 2.75) is 46.2 Å². The summed E-state index contributed by atoms with van der Waals surface area (Å²) < 4.78 is 5.18. The molecule has 0 bridgehead atoms. The lowest BCUT2D eigenvalue weighted by atomic mass is 10.1. The molecule has 4 nitrogen and oxygen atoms in total. The Bertz CT molecular complexity index is 364. The summed E-state index contributed by atoms with van der Waals surface area (Å²) in [5.74, 6) is 0. The molecule has 4 heteroatoms. The van der Waals surface area contributed by atoms with E-state index in [1.165, 1.54) is 0 Å². The lowest BCUT2D eigenvalue weighted by Crippen LogP contribution is -2.34. The van der Waals surface area contributed by atoms with Crippen LogP contribution in [0.15, 0.2) is 18.3 Å². The van der Waals surface area contributed by atoms with Crippen molar-refractivity contribution < 1.29 is 4.74 Å². The Hall–Kier alpha value is -1.13. The molecule has 0 aromatic carbocycles. The van der Waals surface area contributed by atoms with E-state index in [0.717, 1.165) is 37.5 Å². The molecule has 1 aromatic rings. The smallest absolute Gasteiger partial charge is 0.0637 e. The summed E-state index contributed by atoms with van der Waals surface area (Å²) in [5, 5.41) is 3.46. The average molecular weight is 279 g/mol. The molecule has 0 aliphatic rings. The van der Waals surface area contributed by atoms with Crippen molar-refractivity contribution in [3.05, 3.63) is 24.0 Å². The van der Waals surface area contributed by atoms with Gasteiger partial charge in [0.2, 0.25) is 0 Å². The first-order chi connectivity index (χ1) is 9.63. The quantitative estimate of drug-likeness (QED) is 0.754. The maximum Gasteiger partial charge on any atom is 0.0637 e. The summed E-state index contributed by atoms with van der Waals surface area (Å²) in [6, 6.07) is 5.08. The predicted molar refractivity (Wildman–Crippen MR) is 85.3 cm³/mol. The first kappa shape index (κ1) is 16.9. The third-order valence-corrected chi connectivity index (χ3v) is 3.48. The Morgan fingerprint density at radius 2 is 2.05 bits per heavy atom. The van der Waals surface area contributed by atoms with Crippen LogP contribution < -0.4 is 10.2 Å². The second-order valence-electron chi connectivity index (χ2n) is 5.24. The Balaban J connectivity index is 2.81. The molecule has 1 unspecified atom stereocenters. The SMILES string of the molecule is CCNC(CC)c1ccc(N(CCOC)C(C)C)cn1. The normalized spacial score (nSPS) is 12.7. The molecule has 20 heavy (non-hydrogen) atoms. The molecule has 0 spiro atoms. The van der Waals surface area contributed by atoms with E-state index in [0.29, 0.717) is 12.1 Å². The number of nitrogens with one attached hydrogen (secondary N) is 1. The second-order valence-corrected chi connectivity index (χ2v) is 5.24. The minimum Gasteiger partial charge on any atom is -0.383 e. The fourth-order valence-corrected chi connectivity index (χ4v) is 2.35. The summed E-state index contributed by atoms with van der Waals surface area (Å²) in [4.78, 5) is 6.95. The average Bonchev–Trinajstić information content (AvgIpc) is 2.45. The van der Waals surface area contributed by atoms with Gasteiger partial charge in [-0.3, -0.25) is 4.98 Å². The van der Waals surface area contributed by atoms with Gasteiger partial charge in [-0.25, -0.2) is 0 Å². The van der Waals surface area contributed by atoms with Gasteiger partial charge in [-0.05, 0) is 38.9 Å². The van der Waals surface area contributed by atoms with Crippen LogP contribution in [-0.2, 0) is 4.74 Å². The molecule has 114 valence electrons. The molecule has 1 rings (SSSR count). The fourth-order valence-electron chi connectivity index (χ4n) is 2.35. The molecule has 0 amide bonds. The van der Waals surface area contributed by atoms with Crippen molar-refractivity contribution >= 4 is 5.69 Å². The number of pyridine rings is 1. The number of anilines is 1. The largest absolute Gasteiger partial charge is 0.383 e. The first-order valence-electron chi connectivity index (χ1n) is 7.58. The molecule has 1 atom stereocenters. The van der Waals surface area contributed by atoms with Gasteiger partial charge >= 0.3 is 0 Å². The number of ether oxygens (including phenoxy) is 1. The van der Waals surface area contributed by atoms with Gasteiger partial charge < -0.3 is 15.0 Å². The van der Waals surface area contributed by atoms with Crippen molar-refractivity contribution in [1.29, 1.82) is 0 Å². The lowest BCUT2D eigenvalue weighted by molar-refractivity contribution is 0.204. The summed E-state index contributed by atoms with van der Waals surface area (Å²) >= 11 is 0. The Kier molecular flexibility index (Phi) is 7.55. The zero-order valence-electron chi connectivity index (χ0n) is 13.5. The highest BCUT2D eigenvalue weighted by Crippen LogP contribution is 2.20. The van der Waals surface area contributed by atoms with Crippen LogP contribution >= 0.6 is 0 Å². The maximum absolute atomic E-state index is 5.18. The van der Waals surface area contributed by atoms with Gasteiger partial charge in [-0.2, -0.15) is 0 Å². The molecular weight excluding hydrogens is 250 g/mol. The zero-order valence-corrected chi connectivity index (χ0v) is 13.5. The van der Waals surface area contributed by atoms with Gasteiger partial charge in [0, 0.05) is 25.7 Å². The minimum absolute atomic E-state index is 0.348. The van der Waals surface area contributed by atoms with Crippen molar-refractivity contribution in [3.63, 3.8) is 0 Å². The van der Waals surface area contributed by atoms with Crippen LogP contribution in [0, 0.1) is 0 Å². The van der Waals surface area contributed by atoms with Crippen LogP contribution in [0.5, 0.6) is 0 Å². The highest BCUT2D eigenvalue weighted by molar-refractivity contribution is 5.45. The van der Waals surface area contributed by atoms with E-state index in [2.05, 4.69) is 55.0 Å². The van der Waals surface area contributed by atoms with Gasteiger partial charge in [-0.1, -0.05) is 13.8 Å². The molecular formula is C16H29N3O. The Morgan fingerprint density at radius 1 is 1.30 bits per heavy atom. The van der Waals surface area contributed by atoms with Crippen LogP contribution in [0.3, 0.4) is 0 Å². The van der Waals surface area contributed by atoms with E-state index in [1.54, 1.807) is 7.11 Å². The molecule has 1 N–H and O–H groups in total. The van der Waals surface area contributed by atoms with Gasteiger partial charge in [0.05, 0.1) is 24.2 Å². The highest BCUT2D eigenvalue weighted by atomic mass is 16.5. The van der Waals surface area contributed by atoms with Gasteiger partial charge in [0.25, 0.3) is 0 Å². The standard InChI is InChI=1S/C16H29N3O/c1-6-15(17-7-2)16-9-8-14(12-18-16)19(13(3)4)10-11-20-5/h8-9,12-13,15,17H,6-7,10-11H2,1-5H3. The van der Waals surface area contributed by atoms with Crippen LogP contribution in [0.25, 0.3) is 0 Å².